The number of hydrogen-bond acceptors (Lipinski definition) is 5. The molecule has 0 bridgehead atoms. The average Bonchev–Trinajstić information content (AvgIpc) is 2.41. The Labute approximate surface area is 130 Å². The number of anilines is 1. The van der Waals surface area contributed by atoms with E-state index in [2.05, 4.69) is 16.0 Å². The molecule has 0 unspecified atom stereocenters. The molecule has 0 saturated carbocycles. The minimum absolute atomic E-state index is 0.285. The average molecular weight is 318 g/mol. The molecule has 0 atom stereocenters. The molecular weight excluding hydrogens is 300 g/mol. The molecule has 0 aliphatic carbocycles. The molecular formula is C15H18N4O2S. The van der Waals surface area contributed by atoms with Crippen LogP contribution >= 0.6 is 0 Å². The molecule has 0 N–H and O–H groups in total. The van der Waals surface area contributed by atoms with Crippen LogP contribution in [-0.2, 0) is 16.6 Å². The number of nitriles is 1. The van der Waals surface area contributed by atoms with E-state index in [1.54, 1.807) is 12.3 Å². The van der Waals surface area contributed by atoms with Gasteiger partial charge in [-0.05, 0) is 31.6 Å². The van der Waals surface area contributed by atoms with Crippen molar-refractivity contribution in [3.05, 3.63) is 29.1 Å². The summed E-state index contributed by atoms with van der Waals surface area (Å²) in [4.78, 5) is 6.64. The first-order chi connectivity index (χ1) is 10.2. The highest BCUT2D eigenvalue weighted by atomic mass is 32.2. The quantitative estimate of drug-likeness (QED) is 0.825. The van der Waals surface area contributed by atoms with Gasteiger partial charge in [-0.25, -0.2) is 13.4 Å². The third kappa shape index (κ3) is 2.44. The molecule has 22 heavy (non-hydrogen) atoms. The standard InChI is InChI=1S/C15H18N4O2S/c1-11-6-12-4-5-19(22(3,20)21)7-13(12)14(17-11)18-9-15(2,8-16)10-18/h4-6H,7,9-10H2,1-3H3. The fourth-order valence-electron chi connectivity index (χ4n) is 2.90. The number of aromatic nitrogens is 1. The van der Waals surface area contributed by atoms with Gasteiger partial charge in [-0.2, -0.15) is 5.26 Å². The molecule has 1 fully saturated rings. The maximum Gasteiger partial charge on any atom is 0.232 e. The maximum absolute atomic E-state index is 11.8. The fraction of sp³-hybridized carbons (Fsp3) is 0.467. The zero-order chi connectivity index (χ0) is 16.1. The molecule has 1 aromatic rings. The summed E-state index contributed by atoms with van der Waals surface area (Å²) in [6.07, 6.45) is 4.59. The first kappa shape index (κ1) is 14.9. The molecule has 1 aromatic heterocycles. The van der Waals surface area contributed by atoms with E-state index in [-0.39, 0.29) is 12.0 Å². The van der Waals surface area contributed by atoms with Crippen molar-refractivity contribution in [3.63, 3.8) is 0 Å². The predicted octanol–water partition coefficient (Wildman–Crippen LogP) is 1.49. The van der Waals surface area contributed by atoms with E-state index in [4.69, 9.17) is 5.26 Å². The van der Waals surface area contributed by atoms with Gasteiger partial charge in [0.1, 0.15) is 5.82 Å². The van der Waals surface area contributed by atoms with Crippen LogP contribution in [0.25, 0.3) is 6.08 Å². The van der Waals surface area contributed by atoms with Crippen molar-refractivity contribution in [2.75, 3.05) is 24.2 Å². The summed E-state index contributed by atoms with van der Waals surface area (Å²) in [7, 11) is -3.29. The van der Waals surface area contributed by atoms with Crippen LogP contribution in [0, 0.1) is 23.7 Å². The molecule has 0 aromatic carbocycles. The van der Waals surface area contributed by atoms with Crippen molar-refractivity contribution in [2.45, 2.75) is 20.4 Å². The molecule has 2 aliphatic heterocycles. The summed E-state index contributed by atoms with van der Waals surface area (Å²) in [5, 5.41) is 9.16. The molecule has 0 radical (unpaired) electrons. The van der Waals surface area contributed by atoms with Gasteiger partial charge in [0.25, 0.3) is 0 Å². The summed E-state index contributed by atoms with van der Waals surface area (Å²) in [6.45, 7) is 5.37. The summed E-state index contributed by atoms with van der Waals surface area (Å²) < 4.78 is 24.9. The predicted molar refractivity (Wildman–Crippen MR) is 84.3 cm³/mol. The van der Waals surface area contributed by atoms with Crippen molar-refractivity contribution in [3.8, 4) is 6.07 Å². The first-order valence-electron chi connectivity index (χ1n) is 7.04. The van der Waals surface area contributed by atoms with Crippen molar-refractivity contribution >= 4 is 21.9 Å². The second-order valence-electron chi connectivity index (χ2n) is 6.31. The second-order valence-corrected chi connectivity index (χ2v) is 8.24. The molecule has 2 aliphatic rings. The van der Waals surface area contributed by atoms with Gasteiger partial charge in [0.15, 0.2) is 0 Å². The van der Waals surface area contributed by atoms with E-state index in [0.717, 1.165) is 22.6 Å². The minimum atomic E-state index is -3.29. The Hall–Kier alpha value is -2.07. The van der Waals surface area contributed by atoms with Gasteiger partial charge >= 0.3 is 0 Å². The Morgan fingerprint density at radius 2 is 2.09 bits per heavy atom. The van der Waals surface area contributed by atoms with Crippen LogP contribution in [0.4, 0.5) is 5.82 Å². The Bertz CT molecular complexity index is 802. The maximum atomic E-state index is 11.8. The lowest BCUT2D eigenvalue weighted by Gasteiger charge is -2.45. The lowest BCUT2D eigenvalue weighted by Crippen LogP contribution is -2.55. The zero-order valence-electron chi connectivity index (χ0n) is 12.9. The molecule has 1 saturated heterocycles. The molecule has 6 nitrogen and oxygen atoms in total. The Morgan fingerprint density at radius 3 is 2.68 bits per heavy atom. The minimum Gasteiger partial charge on any atom is -0.353 e. The Morgan fingerprint density at radius 1 is 1.41 bits per heavy atom. The molecule has 7 heteroatoms. The second kappa shape index (κ2) is 4.71. The fourth-order valence-corrected chi connectivity index (χ4v) is 3.54. The Kier molecular flexibility index (Phi) is 3.18. The number of nitrogens with zero attached hydrogens (tertiary/aromatic N) is 4. The first-order valence-corrected chi connectivity index (χ1v) is 8.88. The van der Waals surface area contributed by atoms with Gasteiger partial charge in [-0.15, -0.1) is 0 Å². The van der Waals surface area contributed by atoms with Crippen molar-refractivity contribution < 1.29 is 8.42 Å². The van der Waals surface area contributed by atoms with E-state index in [1.165, 1.54) is 10.6 Å². The highest BCUT2D eigenvalue weighted by Gasteiger charge is 2.41. The van der Waals surface area contributed by atoms with Gasteiger partial charge in [0, 0.05) is 30.5 Å². The van der Waals surface area contributed by atoms with E-state index >= 15 is 0 Å². The number of aryl methyl sites for hydroxylation is 1. The smallest absolute Gasteiger partial charge is 0.232 e. The van der Waals surface area contributed by atoms with Gasteiger partial charge in [-0.1, -0.05) is 0 Å². The number of pyridine rings is 1. The van der Waals surface area contributed by atoms with Crippen LogP contribution in [0.15, 0.2) is 12.3 Å². The lowest BCUT2D eigenvalue weighted by molar-refractivity contribution is 0.332. The summed E-state index contributed by atoms with van der Waals surface area (Å²) >= 11 is 0. The number of rotatable bonds is 2. The van der Waals surface area contributed by atoms with E-state index in [1.807, 2.05) is 19.9 Å². The molecule has 0 spiro atoms. The molecule has 116 valence electrons. The molecule has 3 rings (SSSR count). The van der Waals surface area contributed by atoms with Gasteiger partial charge in [0.2, 0.25) is 10.0 Å². The van der Waals surface area contributed by atoms with Crippen LogP contribution in [-0.4, -0.2) is 37.1 Å². The molecule has 0 amide bonds. The highest BCUT2D eigenvalue weighted by Crippen LogP contribution is 2.37. The summed E-state index contributed by atoms with van der Waals surface area (Å²) in [6, 6.07) is 4.27. The Balaban J connectivity index is 1.99. The van der Waals surface area contributed by atoms with Crippen LogP contribution in [0.5, 0.6) is 0 Å². The normalized spacial score (nSPS) is 19.4. The van der Waals surface area contributed by atoms with Crippen molar-refractivity contribution in [1.29, 1.82) is 5.26 Å². The lowest BCUT2D eigenvalue weighted by atomic mass is 9.83. The molecule has 3 heterocycles. The number of sulfonamides is 1. The van der Waals surface area contributed by atoms with Gasteiger partial charge < -0.3 is 4.90 Å². The van der Waals surface area contributed by atoms with E-state index in [0.29, 0.717) is 13.1 Å². The zero-order valence-corrected chi connectivity index (χ0v) is 13.7. The van der Waals surface area contributed by atoms with Crippen LogP contribution in [0.2, 0.25) is 0 Å². The third-order valence-electron chi connectivity index (χ3n) is 4.07. The van der Waals surface area contributed by atoms with Gasteiger partial charge in [0.05, 0.1) is 24.3 Å². The summed E-state index contributed by atoms with van der Waals surface area (Å²) in [5.74, 6) is 0.792. The number of hydrogen-bond donors (Lipinski definition) is 0. The van der Waals surface area contributed by atoms with Crippen molar-refractivity contribution in [1.82, 2.24) is 9.29 Å². The van der Waals surface area contributed by atoms with Gasteiger partial charge in [-0.3, -0.25) is 4.31 Å². The van der Waals surface area contributed by atoms with Crippen LogP contribution in [0.3, 0.4) is 0 Å². The highest BCUT2D eigenvalue weighted by molar-refractivity contribution is 7.88. The van der Waals surface area contributed by atoms with Crippen molar-refractivity contribution in [2.24, 2.45) is 5.41 Å². The van der Waals surface area contributed by atoms with Crippen LogP contribution < -0.4 is 4.90 Å². The number of fused-ring (bicyclic) bond motifs is 1. The largest absolute Gasteiger partial charge is 0.353 e. The van der Waals surface area contributed by atoms with E-state index < -0.39 is 10.0 Å². The van der Waals surface area contributed by atoms with E-state index in [9.17, 15) is 8.42 Å². The topological polar surface area (TPSA) is 77.3 Å². The summed E-state index contributed by atoms with van der Waals surface area (Å²) in [5.41, 5.74) is 2.43. The SMILES string of the molecule is Cc1cc2c(c(N3CC(C)(C#N)C3)n1)CN(S(C)(=O)=O)C=C2. The third-order valence-corrected chi connectivity index (χ3v) is 5.18. The van der Waals surface area contributed by atoms with Crippen LogP contribution in [0.1, 0.15) is 23.7 Å². The monoisotopic (exact) mass is 318 g/mol.